The number of nitrogens with one attached hydrogen (secondary N) is 1. The van der Waals surface area contributed by atoms with Gasteiger partial charge in [0.25, 0.3) is 5.91 Å². The molecule has 1 aromatic carbocycles. The highest BCUT2D eigenvalue weighted by Crippen LogP contribution is 2.27. The maximum atomic E-state index is 12.3. The Morgan fingerprint density at radius 3 is 2.61 bits per heavy atom. The second-order valence-electron chi connectivity index (χ2n) is 6.74. The molecule has 0 saturated heterocycles. The number of amides is 1. The van der Waals surface area contributed by atoms with Crippen LogP contribution < -0.4 is 10.1 Å². The average Bonchev–Trinajstić information content (AvgIpc) is 2.92. The third-order valence-corrected chi connectivity index (χ3v) is 4.49. The maximum Gasteiger partial charge on any atom is 0.266 e. The number of rotatable bonds is 4. The Kier molecular flexibility index (Phi) is 5.09. The van der Waals surface area contributed by atoms with Gasteiger partial charge in [0.05, 0.1) is 5.69 Å². The highest BCUT2D eigenvalue weighted by atomic mass is 32.1. The number of hydrogen-bond acceptors (Lipinski definition) is 4. The Labute approximate surface area is 141 Å². The van der Waals surface area contributed by atoms with Crippen molar-refractivity contribution in [1.82, 2.24) is 4.98 Å². The standard InChI is InChI=1S/C18H24N2O2S/c1-11-8-7-9-14(12(11)2)22-13(3)16(21)20-17-19-15(10-23-17)18(4,5)6/h7-10,13H,1-6H3,(H,19,20,21). The van der Waals surface area contributed by atoms with Crippen LogP contribution in [0.15, 0.2) is 23.6 Å². The summed E-state index contributed by atoms with van der Waals surface area (Å²) < 4.78 is 5.80. The Hall–Kier alpha value is -1.88. The monoisotopic (exact) mass is 332 g/mol. The van der Waals surface area contributed by atoms with Crippen molar-refractivity contribution < 1.29 is 9.53 Å². The van der Waals surface area contributed by atoms with E-state index in [1.54, 1.807) is 6.92 Å². The number of carbonyl (C=O) groups excluding carboxylic acids is 1. The van der Waals surface area contributed by atoms with Crippen molar-refractivity contribution in [1.29, 1.82) is 0 Å². The Balaban J connectivity index is 2.03. The van der Waals surface area contributed by atoms with Gasteiger partial charge in [-0.05, 0) is 38.0 Å². The van der Waals surface area contributed by atoms with Crippen LogP contribution in [0.1, 0.15) is 44.5 Å². The molecule has 1 unspecified atom stereocenters. The van der Waals surface area contributed by atoms with Gasteiger partial charge in [0.2, 0.25) is 0 Å². The number of thiazole rings is 1. The summed E-state index contributed by atoms with van der Waals surface area (Å²) in [7, 11) is 0. The van der Waals surface area contributed by atoms with E-state index in [0.29, 0.717) is 5.13 Å². The fourth-order valence-electron chi connectivity index (χ4n) is 1.98. The maximum absolute atomic E-state index is 12.3. The van der Waals surface area contributed by atoms with Gasteiger partial charge < -0.3 is 4.74 Å². The number of hydrogen-bond donors (Lipinski definition) is 1. The molecule has 23 heavy (non-hydrogen) atoms. The first-order valence-corrected chi connectivity index (χ1v) is 8.56. The third kappa shape index (κ3) is 4.32. The number of nitrogens with zero attached hydrogens (tertiary/aromatic N) is 1. The number of carbonyl (C=O) groups is 1. The van der Waals surface area contributed by atoms with E-state index in [1.807, 2.05) is 37.4 Å². The minimum Gasteiger partial charge on any atom is -0.481 e. The van der Waals surface area contributed by atoms with Crippen LogP contribution in [0.5, 0.6) is 5.75 Å². The number of aryl methyl sites for hydroxylation is 1. The molecule has 1 atom stereocenters. The van der Waals surface area contributed by atoms with Crippen molar-refractivity contribution in [3.05, 3.63) is 40.4 Å². The van der Waals surface area contributed by atoms with Crippen LogP contribution in [0.4, 0.5) is 5.13 Å². The zero-order valence-electron chi connectivity index (χ0n) is 14.6. The molecule has 0 aliphatic heterocycles. The van der Waals surface area contributed by atoms with E-state index in [2.05, 4.69) is 31.1 Å². The van der Waals surface area contributed by atoms with Gasteiger partial charge in [-0.1, -0.05) is 32.9 Å². The molecule has 0 aliphatic rings. The first-order chi connectivity index (χ1) is 10.7. The second-order valence-corrected chi connectivity index (χ2v) is 7.59. The first kappa shape index (κ1) is 17.5. The highest BCUT2D eigenvalue weighted by Gasteiger charge is 2.20. The van der Waals surface area contributed by atoms with Gasteiger partial charge in [0.15, 0.2) is 11.2 Å². The molecule has 1 heterocycles. The van der Waals surface area contributed by atoms with Crippen LogP contribution in [0.3, 0.4) is 0 Å². The van der Waals surface area contributed by atoms with Gasteiger partial charge in [-0.15, -0.1) is 11.3 Å². The van der Waals surface area contributed by atoms with E-state index in [9.17, 15) is 4.79 Å². The fourth-order valence-corrected chi connectivity index (χ4v) is 2.92. The predicted octanol–water partition coefficient (Wildman–Crippen LogP) is 4.46. The molecule has 5 heteroatoms. The lowest BCUT2D eigenvalue weighted by Crippen LogP contribution is -2.30. The Morgan fingerprint density at radius 1 is 1.30 bits per heavy atom. The van der Waals surface area contributed by atoms with Crippen molar-refractivity contribution in [3.8, 4) is 5.75 Å². The molecule has 2 aromatic rings. The lowest BCUT2D eigenvalue weighted by Gasteiger charge is -2.16. The molecule has 0 saturated carbocycles. The molecule has 0 aliphatic carbocycles. The summed E-state index contributed by atoms with van der Waals surface area (Å²) in [6.07, 6.45) is -0.586. The van der Waals surface area contributed by atoms with Gasteiger partial charge >= 0.3 is 0 Å². The Bertz CT molecular complexity index is 701. The van der Waals surface area contributed by atoms with E-state index < -0.39 is 6.10 Å². The van der Waals surface area contributed by atoms with Crippen molar-refractivity contribution in [2.75, 3.05) is 5.32 Å². The molecule has 1 amide bonds. The smallest absolute Gasteiger partial charge is 0.266 e. The summed E-state index contributed by atoms with van der Waals surface area (Å²) in [5.41, 5.74) is 3.14. The molecule has 2 rings (SSSR count). The topological polar surface area (TPSA) is 51.2 Å². The normalized spacial score (nSPS) is 12.8. The van der Waals surface area contributed by atoms with E-state index in [4.69, 9.17) is 4.74 Å². The molecule has 1 aromatic heterocycles. The average molecular weight is 332 g/mol. The van der Waals surface area contributed by atoms with Crippen LogP contribution in [-0.2, 0) is 10.2 Å². The molecular weight excluding hydrogens is 308 g/mol. The molecule has 124 valence electrons. The van der Waals surface area contributed by atoms with E-state index in [1.165, 1.54) is 11.3 Å². The van der Waals surface area contributed by atoms with Crippen molar-refractivity contribution >= 4 is 22.4 Å². The molecule has 0 fully saturated rings. The van der Waals surface area contributed by atoms with Crippen LogP contribution in [0.25, 0.3) is 0 Å². The predicted molar refractivity (Wildman–Crippen MR) is 95.4 cm³/mol. The van der Waals surface area contributed by atoms with Crippen LogP contribution in [0.2, 0.25) is 0 Å². The summed E-state index contributed by atoms with van der Waals surface area (Å²) >= 11 is 1.44. The largest absolute Gasteiger partial charge is 0.481 e. The van der Waals surface area contributed by atoms with Crippen molar-refractivity contribution in [2.24, 2.45) is 0 Å². The summed E-state index contributed by atoms with van der Waals surface area (Å²) in [6.45, 7) is 12.1. The Morgan fingerprint density at radius 2 is 2.00 bits per heavy atom. The van der Waals surface area contributed by atoms with Gasteiger partial charge in [-0.3, -0.25) is 10.1 Å². The molecule has 0 spiro atoms. The van der Waals surface area contributed by atoms with Gasteiger partial charge in [0.1, 0.15) is 5.75 Å². The SMILES string of the molecule is Cc1cccc(OC(C)C(=O)Nc2nc(C(C)(C)C)cs2)c1C. The lowest BCUT2D eigenvalue weighted by molar-refractivity contribution is -0.122. The minimum absolute atomic E-state index is 0.0275. The molecular formula is C18H24N2O2S. The quantitative estimate of drug-likeness (QED) is 0.899. The number of ether oxygens (including phenoxy) is 1. The highest BCUT2D eigenvalue weighted by molar-refractivity contribution is 7.13. The zero-order chi connectivity index (χ0) is 17.2. The number of benzene rings is 1. The summed E-state index contributed by atoms with van der Waals surface area (Å²) in [4.78, 5) is 16.8. The molecule has 4 nitrogen and oxygen atoms in total. The number of aromatic nitrogens is 1. The van der Waals surface area contributed by atoms with Crippen LogP contribution in [0, 0.1) is 13.8 Å². The fraction of sp³-hybridized carbons (Fsp3) is 0.444. The molecule has 0 bridgehead atoms. The number of anilines is 1. The summed E-state index contributed by atoms with van der Waals surface area (Å²) in [5, 5.41) is 5.42. The van der Waals surface area contributed by atoms with Gasteiger partial charge in [-0.25, -0.2) is 4.98 Å². The molecule has 1 N–H and O–H groups in total. The third-order valence-electron chi connectivity index (χ3n) is 3.73. The lowest BCUT2D eigenvalue weighted by atomic mass is 9.93. The van der Waals surface area contributed by atoms with E-state index >= 15 is 0 Å². The summed E-state index contributed by atoms with van der Waals surface area (Å²) in [5.74, 6) is 0.544. The first-order valence-electron chi connectivity index (χ1n) is 7.68. The van der Waals surface area contributed by atoms with Gasteiger partial charge in [0, 0.05) is 10.8 Å². The minimum atomic E-state index is -0.586. The van der Waals surface area contributed by atoms with Gasteiger partial charge in [-0.2, -0.15) is 0 Å². The van der Waals surface area contributed by atoms with Crippen LogP contribution in [-0.4, -0.2) is 17.0 Å². The van der Waals surface area contributed by atoms with Crippen LogP contribution >= 0.6 is 11.3 Å². The zero-order valence-corrected chi connectivity index (χ0v) is 15.4. The van der Waals surface area contributed by atoms with Crippen molar-refractivity contribution in [2.45, 2.75) is 53.1 Å². The summed E-state index contributed by atoms with van der Waals surface area (Å²) in [6, 6.07) is 5.84. The van der Waals surface area contributed by atoms with E-state index in [0.717, 1.165) is 22.6 Å². The van der Waals surface area contributed by atoms with E-state index in [-0.39, 0.29) is 11.3 Å². The second kappa shape index (κ2) is 6.71. The van der Waals surface area contributed by atoms with Crippen molar-refractivity contribution in [3.63, 3.8) is 0 Å². The molecule has 0 radical (unpaired) electrons.